The van der Waals surface area contributed by atoms with Crippen molar-refractivity contribution >= 4 is 10.0 Å². The number of aromatic nitrogens is 1. The second-order valence-corrected chi connectivity index (χ2v) is 6.83. The monoisotopic (exact) mass is 287 g/mol. The van der Waals surface area contributed by atoms with Gasteiger partial charge in [-0.3, -0.25) is 0 Å². The van der Waals surface area contributed by atoms with E-state index >= 15 is 0 Å². The average Bonchev–Trinajstić information content (AvgIpc) is 2.82. The number of H-pyrrole nitrogens is 1. The van der Waals surface area contributed by atoms with E-state index in [1.165, 1.54) is 4.31 Å². The Balaban J connectivity index is 2.84. The fourth-order valence-electron chi connectivity index (χ4n) is 1.83. The first-order valence-electron chi connectivity index (χ1n) is 6.82. The quantitative estimate of drug-likeness (QED) is 0.768. The van der Waals surface area contributed by atoms with Crippen molar-refractivity contribution in [1.29, 1.82) is 0 Å². The number of nitrogens with zero attached hydrogens (tertiary/aromatic N) is 1. The van der Waals surface area contributed by atoms with E-state index < -0.39 is 10.0 Å². The molecule has 0 spiro atoms. The largest absolute Gasteiger partial charge is 0.363 e. The van der Waals surface area contributed by atoms with Crippen molar-refractivity contribution in [3.05, 3.63) is 18.0 Å². The van der Waals surface area contributed by atoms with Gasteiger partial charge in [-0.1, -0.05) is 27.7 Å². The maximum Gasteiger partial charge on any atom is 0.244 e. The van der Waals surface area contributed by atoms with Crippen LogP contribution in [0.15, 0.2) is 17.2 Å². The third-order valence-electron chi connectivity index (χ3n) is 2.88. The van der Waals surface area contributed by atoms with Crippen LogP contribution in [0.4, 0.5) is 0 Å². The minimum absolute atomic E-state index is 0.350. The van der Waals surface area contributed by atoms with E-state index in [0.29, 0.717) is 30.6 Å². The lowest BCUT2D eigenvalue weighted by molar-refractivity contribution is 0.427. The number of aromatic amines is 1. The number of rotatable bonds is 8. The summed E-state index contributed by atoms with van der Waals surface area (Å²) in [5.74, 6) is 0. The Labute approximate surface area is 116 Å². The minimum Gasteiger partial charge on any atom is -0.363 e. The molecule has 0 bridgehead atoms. The second kappa shape index (κ2) is 7.07. The Bertz CT molecular complexity index is 480. The molecule has 0 fully saturated rings. The predicted octanol–water partition coefficient (Wildman–Crippen LogP) is 1.93. The van der Waals surface area contributed by atoms with Gasteiger partial charge < -0.3 is 10.3 Å². The van der Waals surface area contributed by atoms with Crippen molar-refractivity contribution in [1.82, 2.24) is 14.6 Å². The average molecular weight is 287 g/mol. The van der Waals surface area contributed by atoms with Crippen molar-refractivity contribution in [3.8, 4) is 0 Å². The van der Waals surface area contributed by atoms with Gasteiger partial charge >= 0.3 is 0 Å². The van der Waals surface area contributed by atoms with Crippen LogP contribution in [0, 0.1) is 0 Å². The molecule has 6 heteroatoms. The summed E-state index contributed by atoms with van der Waals surface area (Å²) in [5, 5.41) is 3.26. The van der Waals surface area contributed by atoms with Gasteiger partial charge in [-0.15, -0.1) is 0 Å². The van der Waals surface area contributed by atoms with Crippen molar-refractivity contribution in [3.63, 3.8) is 0 Å². The summed E-state index contributed by atoms with van der Waals surface area (Å²) in [6.45, 7) is 9.66. The molecule has 0 radical (unpaired) electrons. The highest BCUT2D eigenvalue weighted by Gasteiger charge is 2.23. The van der Waals surface area contributed by atoms with Gasteiger partial charge in [0.2, 0.25) is 10.0 Å². The normalized spacial score (nSPS) is 12.5. The zero-order chi connectivity index (χ0) is 14.5. The molecule has 5 nitrogen and oxygen atoms in total. The molecule has 110 valence electrons. The highest BCUT2D eigenvalue weighted by molar-refractivity contribution is 7.89. The molecular formula is C13H25N3O2S. The lowest BCUT2D eigenvalue weighted by Crippen LogP contribution is -2.31. The Morgan fingerprint density at radius 3 is 2.58 bits per heavy atom. The molecule has 0 aliphatic rings. The fourth-order valence-corrected chi connectivity index (χ4v) is 3.39. The maximum absolute atomic E-state index is 12.4. The SMILES string of the molecule is CCCN(CC)S(=O)(=O)c1c[nH]c(CNC(C)C)c1. The van der Waals surface area contributed by atoms with Gasteiger partial charge in [-0.05, 0) is 12.5 Å². The molecule has 0 aromatic carbocycles. The van der Waals surface area contributed by atoms with Gasteiger partial charge in [0, 0.05) is 37.6 Å². The lowest BCUT2D eigenvalue weighted by Gasteiger charge is -2.18. The molecule has 0 saturated carbocycles. The van der Waals surface area contributed by atoms with E-state index in [2.05, 4.69) is 24.1 Å². The standard InChI is InChI=1S/C13H25N3O2S/c1-5-7-16(6-2)19(17,18)13-8-12(15-10-13)9-14-11(3)4/h8,10-11,14-15H,5-7,9H2,1-4H3. The minimum atomic E-state index is -3.36. The molecule has 0 saturated heterocycles. The lowest BCUT2D eigenvalue weighted by atomic mass is 10.3. The summed E-state index contributed by atoms with van der Waals surface area (Å²) in [7, 11) is -3.36. The molecule has 1 aromatic rings. The molecule has 1 rings (SSSR count). The van der Waals surface area contributed by atoms with E-state index in [-0.39, 0.29) is 0 Å². The Kier molecular flexibility index (Phi) is 6.03. The van der Waals surface area contributed by atoms with Gasteiger partial charge in [-0.25, -0.2) is 8.42 Å². The summed E-state index contributed by atoms with van der Waals surface area (Å²) >= 11 is 0. The van der Waals surface area contributed by atoms with Crippen LogP contribution in [-0.4, -0.2) is 36.8 Å². The Hall–Kier alpha value is -0.850. The highest BCUT2D eigenvalue weighted by atomic mass is 32.2. The zero-order valence-corrected chi connectivity index (χ0v) is 13.0. The third kappa shape index (κ3) is 4.33. The molecule has 0 atom stereocenters. The first-order valence-corrected chi connectivity index (χ1v) is 8.26. The van der Waals surface area contributed by atoms with E-state index in [1.807, 2.05) is 13.8 Å². The van der Waals surface area contributed by atoms with Gasteiger partial charge in [0.25, 0.3) is 0 Å². The predicted molar refractivity (Wildman–Crippen MR) is 77.5 cm³/mol. The number of hydrogen-bond donors (Lipinski definition) is 2. The van der Waals surface area contributed by atoms with Crippen molar-refractivity contribution in [2.24, 2.45) is 0 Å². The zero-order valence-electron chi connectivity index (χ0n) is 12.2. The van der Waals surface area contributed by atoms with Crippen LogP contribution in [0.1, 0.15) is 39.8 Å². The van der Waals surface area contributed by atoms with Crippen molar-refractivity contribution < 1.29 is 8.42 Å². The van der Waals surface area contributed by atoms with Gasteiger partial charge in [0.05, 0.1) is 4.90 Å². The van der Waals surface area contributed by atoms with Crippen LogP contribution in [-0.2, 0) is 16.6 Å². The summed E-state index contributed by atoms with van der Waals surface area (Å²) in [4.78, 5) is 3.37. The fraction of sp³-hybridized carbons (Fsp3) is 0.692. The topological polar surface area (TPSA) is 65.2 Å². The summed E-state index contributed by atoms with van der Waals surface area (Å²) < 4.78 is 26.3. The molecule has 19 heavy (non-hydrogen) atoms. The molecule has 0 unspecified atom stereocenters. The van der Waals surface area contributed by atoms with E-state index in [1.54, 1.807) is 12.3 Å². The summed E-state index contributed by atoms with van der Waals surface area (Å²) in [5.41, 5.74) is 0.889. The van der Waals surface area contributed by atoms with Gasteiger partial charge in [0.15, 0.2) is 0 Å². The number of hydrogen-bond acceptors (Lipinski definition) is 3. The van der Waals surface area contributed by atoms with Crippen LogP contribution in [0.5, 0.6) is 0 Å². The molecule has 2 N–H and O–H groups in total. The van der Waals surface area contributed by atoms with E-state index in [4.69, 9.17) is 0 Å². The maximum atomic E-state index is 12.4. The van der Waals surface area contributed by atoms with Crippen molar-refractivity contribution in [2.45, 2.75) is 51.6 Å². The van der Waals surface area contributed by atoms with Crippen LogP contribution in [0.3, 0.4) is 0 Å². The van der Waals surface area contributed by atoms with Crippen molar-refractivity contribution in [2.75, 3.05) is 13.1 Å². The third-order valence-corrected chi connectivity index (χ3v) is 4.83. The van der Waals surface area contributed by atoms with Crippen LogP contribution in [0.2, 0.25) is 0 Å². The molecule has 1 aromatic heterocycles. The van der Waals surface area contributed by atoms with Crippen LogP contribution in [0.25, 0.3) is 0 Å². The molecule has 0 amide bonds. The molecule has 0 aliphatic heterocycles. The molecule has 0 aliphatic carbocycles. The van der Waals surface area contributed by atoms with E-state index in [9.17, 15) is 8.42 Å². The van der Waals surface area contributed by atoms with Gasteiger partial charge in [-0.2, -0.15) is 4.31 Å². The Morgan fingerprint density at radius 1 is 1.37 bits per heavy atom. The van der Waals surface area contributed by atoms with Crippen LogP contribution >= 0.6 is 0 Å². The smallest absolute Gasteiger partial charge is 0.244 e. The molecule has 1 heterocycles. The second-order valence-electron chi connectivity index (χ2n) is 4.89. The first-order chi connectivity index (χ1) is 8.91. The van der Waals surface area contributed by atoms with Gasteiger partial charge in [0.1, 0.15) is 0 Å². The number of sulfonamides is 1. The summed E-state index contributed by atoms with van der Waals surface area (Å²) in [6.07, 6.45) is 2.39. The van der Waals surface area contributed by atoms with E-state index in [0.717, 1.165) is 12.1 Å². The molecular weight excluding hydrogens is 262 g/mol. The summed E-state index contributed by atoms with van der Waals surface area (Å²) in [6, 6.07) is 2.08. The number of nitrogens with one attached hydrogen (secondary N) is 2. The Morgan fingerprint density at radius 2 is 2.05 bits per heavy atom. The first kappa shape index (κ1) is 16.2. The highest BCUT2D eigenvalue weighted by Crippen LogP contribution is 2.17. The van der Waals surface area contributed by atoms with Crippen LogP contribution < -0.4 is 5.32 Å².